The Hall–Kier alpha value is -1.41. The van der Waals surface area contributed by atoms with E-state index in [2.05, 4.69) is 26.3 Å². The summed E-state index contributed by atoms with van der Waals surface area (Å²) < 4.78 is 0. The summed E-state index contributed by atoms with van der Waals surface area (Å²) in [4.78, 5) is 4.52. The van der Waals surface area contributed by atoms with Crippen LogP contribution in [0.3, 0.4) is 0 Å². The summed E-state index contributed by atoms with van der Waals surface area (Å²) in [6.07, 6.45) is 4.49. The van der Waals surface area contributed by atoms with Gasteiger partial charge in [0.2, 0.25) is 0 Å². The number of thiocarbonyl (C=S) groups is 1. The molecular formula is C12H20N6S2. The van der Waals surface area contributed by atoms with E-state index in [0.717, 1.165) is 25.0 Å². The lowest BCUT2D eigenvalue weighted by Gasteiger charge is -2.29. The SMILES string of the molecule is CNC(=S)NC1CCCC(c2csc(NC(=N)N)n2)C1. The van der Waals surface area contributed by atoms with E-state index >= 15 is 0 Å². The lowest BCUT2D eigenvalue weighted by Crippen LogP contribution is -2.42. The van der Waals surface area contributed by atoms with Gasteiger partial charge >= 0.3 is 0 Å². The van der Waals surface area contributed by atoms with Crippen LogP contribution in [0, 0.1) is 5.41 Å². The molecule has 2 atom stereocenters. The lowest BCUT2D eigenvalue weighted by molar-refractivity contribution is 0.366. The van der Waals surface area contributed by atoms with E-state index in [1.807, 2.05) is 7.05 Å². The molecular weight excluding hydrogens is 292 g/mol. The maximum atomic E-state index is 7.22. The molecule has 0 spiro atoms. The molecule has 2 unspecified atom stereocenters. The van der Waals surface area contributed by atoms with E-state index in [-0.39, 0.29) is 5.96 Å². The Bertz CT molecular complexity index is 486. The van der Waals surface area contributed by atoms with Crippen LogP contribution < -0.4 is 21.7 Å². The van der Waals surface area contributed by atoms with Gasteiger partial charge in [-0.2, -0.15) is 0 Å². The van der Waals surface area contributed by atoms with Crippen LogP contribution in [0.1, 0.15) is 37.3 Å². The van der Waals surface area contributed by atoms with Crippen molar-refractivity contribution in [3.63, 3.8) is 0 Å². The van der Waals surface area contributed by atoms with Crippen molar-refractivity contribution in [1.29, 1.82) is 5.41 Å². The minimum absolute atomic E-state index is 0.0755. The third kappa shape index (κ3) is 4.04. The Labute approximate surface area is 128 Å². The monoisotopic (exact) mass is 312 g/mol. The molecule has 110 valence electrons. The van der Waals surface area contributed by atoms with Crippen LogP contribution in [-0.2, 0) is 0 Å². The topological polar surface area (TPSA) is 98.8 Å². The highest BCUT2D eigenvalue weighted by molar-refractivity contribution is 7.80. The molecule has 0 aromatic carbocycles. The highest BCUT2D eigenvalue weighted by atomic mass is 32.1. The summed E-state index contributed by atoms with van der Waals surface area (Å²) >= 11 is 6.65. The first-order valence-electron chi connectivity index (χ1n) is 6.63. The van der Waals surface area contributed by atoms with Crippen LogP contribution in [0.2, 0.25) is 0 Å². The molecule has 6 nitrogen and oxygen atoms in total. The van der Waals surface area contributed by atoms with Crippen LogP contribution >= 0.6 is 23.6 Å². The summed E-state index contributed by atoms with van der Waals surface area (Å²) in [5.41, 5.74) is 6.40. The predicted molar refractivity (Wildman–Crippen MR) is 87.4 cm³/mol. The molecule has 0 radical (unpaired) electrons. The van der Waals surface area contributed by atoms with Crippen molar-refractivity contribution in [3.05, 3.63) is 11.1 Å². The second kappa shape index (κ2) is 6.85. The smallest absolute Gasteiger partial charge is 0.192 e. The highest BCUT2D eigenvalue weighted by Crippen LogP contribution is 2.34. The molecule has 1 saturated carbocycles. The first kappa shape index (κ1) is 15.0. The van der Waals surface area contributed by atoms with E-state index in [1.165, 1.54) is 17.8 Å². The molecule has 0 bridgehead atoms. The molecule has 8 heteroatoms. The molecule has 1 aliphatic rings. The van der Waals surface area contributed by atoms with Gasteiger partial charge in [0.25, 0.3) is 0 Å². The molecule has 1 aliphatic carbocycles. The Kier molecular flexibility index (Phi) is 5.13. The summed E-state index contributed by atoms with van der Waals surface area (Å²) in [5, 5.41) is 19.7. The molecule has 1 aromatic rings. The van der Waals surface area contributed by atoms with Crippen LogP contribution in [0.25, 0.3) is 0 Å². The van der Waals surface area contributed by atoms with E-state index < -0.39 is 0 Å². The maximum Gasteiger partial charge on any atom is 0.192 e. The second-order valence-electron chi connectivity index (χ2n) is 4.90. The molecule has 1 heterocycles. The maximum absolute atomic E-state index is 7.22. The normalized spacial score (nSPS) is 22.1. The van der Waals surface area contributed by atoms with Gasteiger partial charge in [-0.3, -0.25) is 5.41 Å². The van der Waals surface area contributed by atoms with Crippen LogP contribution in [0.15, 0.2) is 5.38 Å². The van der Waals surface area contributed by atoms with Crippen molar-refractivity contribution in [2.45, 2.75) is 37.6 Å². The average molecular weight is 312 g/mol. The zero-order chi connectivity index (χ0) is 14.5. The van der Waals surface area contributed by atoms with Gasteiger partial charge in [-0.1, -0.05) is 6.42 Å². The summed E-state index contributed by atoms with van der Waals surface area (Å²) in [5.74, 6) is 0.369. The number of guanidine groups is 1. The lowest BCUT2D eigenvalue weighted by atomic mass is 9.84. The van der Waals surface area contributed by atoms with Crippen LogP contribution in [0.4, 0.5) is 5.13 Å². The van der Waals surface area contributed by atoms with Crippen molar-refractivity contribution < 1.29 is 0 Å². The summed E-state index contributed by atoms with van der Waals surface area (Å²) in [6, 6.07) is 0.402. The van der Waals surface area contributed by atoms with Gasteiger partial charge < -0.3 is 21.7 Å². The van der Waals surface area contributed by atoms with Crippen molar-refractivity contribution in [1.82, 2.24) is 15.6 Å². The molecule has 0 saturated heterocycles. The first-order valence-corrected chi connectivity index (χ1v) is 7.92. The first-order chi connectivity index (χ1) is 9.58. The minimum atomic E-state index is -0.0755. The van der Waals surface area contributed by atoms with Crippen molar-refractivity contribution in [3.8, 4) is 0 Å². The van der Waals surface area contributed by atoms with Gasteiger partial charge in [-0.25, -0.2) is 4.98 Å². The minimum Gasteiger partial charge on any atom is -0.370 e. The number of aromatic nitrogens is 1. The van der Waals surface area contributed by atoms with Gasteiger partial charge in [0.05, 0.1) is 5.69 Å². The van der Waals surface area contributed by atoms with Crippen molar-refractivity contribution >= 4 is 39.8 Å². The highest BCUT2D eigenvalue weighted by Gasteiger charge is 2.25. The van der Waals surface area contributed by atoms with Gasteiger partial charge in [-0.15, -0.1) is 11.3 Å². The van der Waals surface area contributed by atoms with Crippen LogP contribution in [-0.4, -0.2) is 29.1 Å². The van der Waals surface area contributed by atoms with E-state index in [9.17, 15) is 0 Å². The molecule has 1 fully saturated rings. The number of anilines is 1. The number of hydrogen-bond acceptors (Lipinski definition) is 4. The Morgan fingerprint density at radius 1 is 1.55 bits per heavy atom. The fourth-order valence-electron chi connectivity index (χ4n) is 2.49. The Morgan fingerprint density at radius 3 is 3.05 bits per heavy atom. The Morgan fingerprint density at radius 2 is 2.35 bits per heavy atom. The van der Waals surface area contributed by atoms with Crippen molar-refractivity contribution in [2.24, 2.45) is 5.73 Å². The summed E-state index contributed by atoms with van der Waals surface area (Å²) in [6.45, 7) is 0. The third-order valence-electron chi connectivity index (χ3n) is 3.42. The van der Waals surface area contributed by atoms with Gasteiger partial charge in [-0.05, 0) is 31.5 Å². The number of hydrogen-bond donors (Lipinski definition) is 5. The van der Waals surface area contributed by atoms with Gasteiger partial charge in [0.1, 0.15) is 0 Å². The number of rotatable bonds is 3. The number of nitrogens with one attached hydrogen (secondary N) is 4. The standard InChI is InChI=1S/C12H20N6S2/c1-15-11(19)16-8-4-2-3-7(5-8)9-6-20-12(17-9)18-10(13)14/h6-8H,2-5H2,1H3,(H2,15,16,19)(H4,13,14,17,18). The molecule has 2 rings (SSSR count). The van der Waals surface area contributed by atoms with E-state index in [0.29, 0.717) is 22.2 Å². The zero-order valence-corrected chi connectivity index (χ0v) is 13.0. The van der Waals surface area contributed by atoms with Gasteiger partial charge in [0, 0.05) is 24.4 Å². The fourth-order valence-corrected chi connectivity index (χ4v) is 3.46. The van der Waals surface area contributed by atoms with Crippen LogP contribution in [0.5, 0.6) is 0 Å². The third-order valence-corrected chi connectivity index (χ3v) is 4.52. The molecule has 6 N–H and O–H groups in total. The van der Waals surface area contributed by atoms with Gasteiger partial charge in [0.15, 0.2) is 16.2 Å². The predicted octanol–water partition coefficient (Wildman–Crippen LogP) is 1.57. The summed E-state index contributed by atoms with van der Waals surface area (Å²) in [7, 11) is 1.83. The molecule has 20 heavy (non-hydrogen) atoms. The van der Waals surface area contributed by atoms with Crippen molar-refractivity contribution in [2.75, 3.05) is 12.4 Å². The quantitative estimate of drug-likeness (QED) is 0.330. The number of nitrogens with two attached hydrogens (primary N) is 1. The van der Waals surface area contributed by atoms with E-state index in [1.54, 1.807) is 0 Å². The molecule has 1 aromatic heterocycles. The largest absolute Gasteiger partial charge is 0.370 e. The number of nitrogens with zero attached hydrogens (tertiary/aromatic N) is 1. The fraction of sp³-hybridized carbons (Fsp3) is 0.583. The Balaban J connectivity index is 1.96. The number of thiazole rings is 1. The molecule has 0 aliphatic heterocycles. The zero-order valence-electron chi connectivity index (χ0n) is 11.4. The van der Waals surface area contributed by atoms with E-state index in [4.69, 9.17) is 23.4 Å². The second-order valence-corrected chi connectivity index (χ2v) is 6.17. The molecule has 0 amide bonds. The average Bonchev–Trinajstić information content (AvgIpc) is 2.86.